The first-order valence-electron chi connectivity index (χ1n) is 13.9. The van der Waals surface area contributed by atoms with E-state index in [-0.39, 0.29) is 48.2 Å². The smallest absolute Gasteiger partial charge is 0.272 e. The second-order valence-electron chi connectivity index (χ2n) is 10.4. The molecule has 1 aliphatic carbocycles. The minimum atomic E-state index is -2.64. The van der Waals surface area contributed by atoms with E-state index in [2.05, 4.69) is 10.1 Å². The third-order valence-electron chi connectivity index (χ3n) is 7.48. The maximum absolute atomic E-state index is 14.1. The van der Waals surface area contributed by atoms with E-state index >= 15 is 0 Å². The number of nitrogens with two attached hydrogens (primary N) is 1. The van der Waals surface area contributed by atoms with Gasteiger partial charge in [0.15, 0.2) is 11.6 Å². The second-order valence-corrected chi connectivity index (χ2v) is 10.4. The van der Waals surface area contributed by atoms with Crippen LogP contribution >= 0.6 is 0 Å². The van der Waals surface area contributed by atoms with Crippen LogP contribution in [0.2, 0.25) is 0 Å². The Morgan fingerprint density at radius 3 is 2.82 bits per heavy atom. The summed E-state index contributed by atoms with van der Waals surface area (Å²) in [5, 5.41) is 4.34. The first-order valence-corrected chi connectivity index (χ1v) is 13.9. The molecule has 0 bridgehead atoms. The van der Waals surface area contributed by atoms with Crippen molar-refractivity contribution in [2.45, 2.75) is 25.8 Å². The van der Waals surface area contributed by atoms with Crippen LogP contribution < -0.4 is 10.5 Å². The van der Waals surface area contributed by atoms with Crippen LogP contribution in [0.3, 0.4) is 0 Å². The molecule has 0 saturated carbocycles. The van der Waals surface area contributed by atoms with Gasteiger partial charge < -0.3 is 29.7 Å². The number of hydrogen-bond donors (Lipinski definition) is 2. The number of para-hydroxylation sites is 1. The van der Waals surface area contributed by atoms with Crippen LogP contribution in [0.5, 0.6) is 11.5 Å². The number of aryl methyl sites for hydroxylation is 1. The summed E-state index contributed by atoms with van der Waals surface area (Å²) in [7, 11) is 0. The number of halogens is 3. The molecule has 3 N–H and O–H groups in total. The van der Waals surface area contributed by atoms with Gasteiger partial charge in [0.2, 0.25) is 5.78 Å². The summed E-state index contributed by atoms with van der Waals surface area (Å²) >= 11 is 0. The highest BCUT2D eigenvalue weighted by Crippen LogP contribution is 2.32. The van der Waals surface area contributed by atoms with Crippen LogP contribution in [0.1, 0.15) is 32.9 Å². The van der Waals surface area contributed by atoms with Gasteiger partial charge in [-0.2, -0.15) is 5.10 Å². The van der Waals surface area contributed by atoms with Crippen molar-refractivity contribution in [2.75, 3.05) is 39.0 Å². The van der Waals surface area contributed by atoms with Gasteiger partial charge in [-0.05, 0) is 60.5 Å². The summed E-state index contributed by atoms with van der Waals surface area (Å²) < 4.78 is 63.6. The highest BCUT2D eigenvalue weighted by Gasteiger charge is 2.32. The number of aromatic amines is 1. The average Bonchev–Trinajstić information content (AvgIpc) is 3.49. The maximum Gasteiger partial charge on any atom is 0.272 e. The Kier molecular flexibility index (Phi) is 8.42. The second kappa shape index (κ2) is 12.6. The van der Waals surface area contributed by atoms with Gasteiger partial charge in [0.1, 0.15) is 37.5 Å². The van der Waals surface area contributed by atoms with E-state index in [9.17, 15) is 18.0 Å². The lowest BCUT2D eigenvalue weighted by molar-refractivity contribution is -0.0554. The third kappa shape index (κ3) is 6.07. The van der Waals surface area contributed by atoms with E-state index in [4.69, 9.17) is 24.7 Å². The van der Waals surface area contributed by atoms with Crippen molar-refractivity contribution in [1.82, 2.24) is 19.7 Å². The average molecular weight is 610 g/mol. The van der Waals surface area contributed by atoms with Crippen molar-refractivity contribution in [2.24, 2.45) is 0 Å². The number of H-pyrrole nitrogens is 1. The first-order chi connectivity index (χ1) is 21.3. The number of ether oxygens (including phenoxy) is 4. The van der Waals surface area contributed by atoms with Crippen molar-refractivity contribution in [3.8, 4) is 17.2 Å². The number of hydrogen-bond acceptors (Lipinski definition) is 8. The monoisotopic (exact) mass is 609 g/mol. The van der Waals surface area contributed by atoms with Gasteiger partial charge in [0.05, 0.1) is 35.8 Å². The van der Waals surface area contributed by atoms with E-state index < -0.39 is 18.8 Å². The number of nitrogens with one attached hydrogen (secondary N) is 1. The van der Waals surface area contributed by atoms with Crippen LogP contribution in [-0.4, -0.2) is 71.2 Å². The Morgan fingerprint density at radius 1 is 1.18 bits per heavy atom. The molecule has 0 radical (unpaired) electrons. The largest absolute Gasteiger partial charge is 0.490 e. The van der Waals surface area contributed by atoms with Gasteiger partial charge in [0.25, 0.3) is 6.43 Å². The Labute approximate surface area is 250 Å². The number of alkyl halides is 2. The zero-order valence-corrected chi connectivity index (χ0v) is 23.8. The fraction of sp³-hybridized carbons (Fsp3) is 0.290. The normalized spacial score (nSPS) is 17.2. The predicted octanol–water partition coefficient (Wildman–Crippen LogP) is 5.06. The number of fused-ring (bicyclic) bond motifs is 1. The van der Waals surface area contributed by atoms with Gasteiger partial charge in [0, 0.05) is 18.7 Å². The number of anilines is 1. The van der Waals surface area contributed by atoms with Gasteiger partial charge in [-0.15, -0.1) is 0 Å². The van der Waals surface area contributed by atoms with Crippen molar-refractivity contribution in [3.05, 3.63) is 94.4 Å². The first kappa shape index (κ1) is 29.5. The number of carbonyl (C=O) groups is 1. The molecule has 2 aromatic carbocycles. The van der Waals surface area contributed by atoms with Crippen molar-refractivity contribution in [3.63, 3.8) is 0 Å². The number of rotatable bonds is 9. The minimum absolute atomic E-state index is 0.103. The summed E-state index contributed by atoms with van der Waals surface area (Å²) in [5.74, 6) is 0.194. The molecule has 6 rings (SSSR count). The van der Waals surface area contributed by atoms with Gasteiger partial charge in [-0.1, -0.05) is 12.1 Å². The summed E-state index contributed by atoms with van der Waals surface area (Å²) in [6, 6.07) is 12.5. The predicted molar refractivity (Wildman–Crippen MR) is 154 cm³/mol. The Balaban J connectivity index is 1.23. The van der Waals surface area contributed by atoms with E-state index in [0.717, 1.165) is 5.69 Å². The highest BCUT2D eigenvalue weighted by molar-refractivity contribution is 6.11. The molecule has 3 heterocycles. The lowest BCUT2D eigenvalue weighted by Gasteiger charge is -2.33. The third-order valence-corrected chi connectivity index (χ3v) is 7.48. The molecule has 44 heavy (non-hydrogen) atoms. The molecule has 1 aliphatic heterocycles. The van der Waals surface area contributed by atoms with Gasteiger partial charge in [-0.25, -0.2) is 17.9 Å². The molecular weight excluding hydrogens is 579 g/mol. The van der Waals surface area contributed by atoms with E-state index in [1.165, 1.54) is 23.0 Å². The van der Waals surface area contributed by atoms with Crippen LogP contribution in [0.25, 0.3) is 11.8 Å². The van der Waals surface area contributed by atoms with E-state index in [0.29, 0.717) is 47.9 Å². The molecule has 2 aromatic heterocycles. The standard InChI is InChI=1S/C31H30F3N5O5/c1-18-10-20(6-7-26(18)44-27-5-3-2-4-22(27)32)39-31(35)21(14-36-39)30(40)24-11-19-12-28(43-15-29(33)34)25(13-23(19)37-24)38-8-9-41-17-42-16-38/h2-7,10-12,14,25,29,37H,8-9,13,15-17,35H2,1H3. The summed E-state index contributed by atoms with van der Waals surface area (Å²) in [6.07, 6.45) is 0.812. The zero-order valence-electron chi connectivity index (χ0n) is 23.8. The number of benzene rings is 2. The molecular formula is C31H30F3N5O5. The Morgan fingerprint density at radius 2 is 2.02 bits per heavy atom. The van der Waals surface area contributed by atoms with Crippen LogP contribution in [-0.2, 0) is 20.6 Å². The SMILES string of the molecule is Cc1cc(-n2ncc(C(=O)c3cc4c([nH]3)CC(N3CCOCOC3)C(OCC(F)F)=C4)c2N)ccc1Oc1ccccc1F. The summed E-state index contributed by atoms with van der Waals surface area (Å²) in [6.45, 7) is 2.39. The fourth-order valence-corrected chi connectivity index (χ4v) is 5.26. The lowest BCUT2D eigenvalue weighted by atomic mass is 9.97. The molecule has 0 spiro atoms. The number of nitrogens with zero attached hydrogens (tertiary/aromatic N) is 3. The van der Waals surface area contributed by atoms with Crippen molar-refractivity contribution in [1.29, 1.82) is 0 Å². The molecule has 0 amide bonds. The molecule has 4 aromatic rings. The zero-order chi connectivity index (χ0) is 30.8. The van der Waals surface area contributed by atoms with E-state index in [1.807, 2.05) is 4.90 Å². The van der Waals surface area contributed by atoms with Gasteiger partial charge in [-0.3, -0.25) is 9.69 Å². The Hall–Kier alpha value is -4.59. The quantitative estimate of drug-likeness (QED) is 0.253. The molecule has 1 saturated heterocycles. The molecule has 1 fully saturated rings. The molecule has 10 nitrogen and oxygen atoms in total. The number of ketones is 1. The number of nitrogen functional groups attached to an aromatic ring is 1. The van der Waals surface area contributed by atoms with Crippen molar-refractivity contribution < 1.29 is 36.9 Å². The van der Waals surface area contributed by atoms with Crippen LogP contribution in [0.15, 0.2) is 60.5 Å². The fourth-order valence-electron chi connectivity index (χ4n) is 5.26. The Bertz CT molecular complexity index is 1690. The molecule has 13 heteroatoms. The van der Waals surface area contributed by atoms with Gasteiger partial charge >= 0.3 is 0 Å². The number of aromatic nitrogens is 3. The van der Waals surface area contributed by atoms with E-state index in [1.54, 1.807) is 49.4 Å². The molecule has 2 aliphatic rings. The lowest BCUT2D eigenvalue weighted by Crippen LogP contribution is -2.42. The highest BCUT2D eigenvalue weighted by atomic mass is 19.3. The molecule has 230 valence electrons. The van der Waals surface area contributed by atoms with Crippen LogP contribution in [0, 0.1) is 12.7 Å². The molecule has 1 unspecified atom stereocenters. The topological polar surface area (TPSA) is 117 Å². The summed E-state index contributed by atoms with van der Waals surface area (Å²) in [5.41, 5.74) is 9.55. The number of carbonyl (C=O) groups excluding carboxylic acids is 1. The molecule has 1 atom stereocenters. The maximum atomic E-state index is 14.1. The summed E-state index contributed by atoms with van der Waals surface area (Å²) in [4.78, 5) is 18.7. The van der Waals surface area contributed by atoms with Crippen LogP contribution in [0.4, 0.5) is 19.0 Å². The van der Waals surface area contributed by atoms with Crippen molar-refractivity contribution >= 4 is 17.7 Å². The minimum Gasteiger partial charge on any atom is -0.490 e.